The van der Waals surface area contributed by atoms with E-state index in [-0.39, 0.29) is 23.6 Å². The van der Waals surface area contributed by atoms with Crippen LogP contribution in [0.1, 0.15) is 18.2 Å². The molecule has 3 N–H and O–H groups in total. The summed E-state index contributed by atoms with van der Waals surface area (Å²) < 4.78 is 25.0. The summed E-state index contributed by atoms with van der Waals surface area (Å²) in [5, 5.41) is 13.8. The molecule has 1 aromatic carbocycles. The third kappa shape index (κ3) is 4.41. The number of nitrogens with two attached hydrogens (primary N) is 1. The zero-order valence-corrected chi connectivity index (χ0v) is 22.1. The molecule has 39 heavy (non-hydrogen) atoms. The fourth-order valence-electron chi connectivity index (χ4n) is 4.69. The number of rotatable bonds is 5. The molecule has 1 atom stereocenters. The third-order valence-corrected chi connectivity index (χ3v) is 7.30. The maximum Gasteiger partial charge on any atom is 0.407 e. The van der Waals surface area contributed by atoms with Crippen molar-refractivity contribution in [1.29, 1.82) is 0 Å². The van der Waals surface area contributed by atoms with Crippen molar-refractivity contribution < 1.29 is 19.0 Å². The molecule has 4 aromatic heterocycles. The van der Waals surface area contributed by atoms with Gasteiger partial charge in [0.25, 0.3) is 0 Å². The summed E-state index contributed by atoms with van der Waals surface area (Å²) in [5.41, 5.74) is 9.77. The van der Waals surface area contributed by atoms with Gasteiger partial charge in [-0.1, -0.05) is 0 Å². The molecule has 6 rings (SSSR count). The summed E-state index contributed by atoms with van der Waals surface area (Å²) in [6.07, 6.45) is 6.09. The second-order valence-corrected chi connectivity index (χ2v) is 9.82. The first kappa shape index (κ1) is 24.7. The van der Waals surface area contributed by atoms with Gasteiger partial charge in [0.1, 0.15) is 17.4 Å². The van der Waals surface area contributed by atoms with Gasteiger partial charge in [-0.05, 0) is 47.5 Å². The molecule has 0 spiro atoms. The number of aromatic nitrogens is 7. The first-order valence-electron chi connectivity index (χ1n) is 11.9. The monoisotopic (exact) mass is 593 g/mol. The maximum absolute atomic E-state index is 15.3. The molecule has 5 heterocycles. The minimum absolute atomic E-state index is 0.0370. The van der Waals surface area contributed by atoms with Crippen LogP contribution in [-0.2, 0) is 0 Å². The number of nitrogens with zero attached hydrogens (tertiary/aromatic N) is 8. The Bertz CT molecular complexity index is 1740. The van der Waals surface area contributed by atoms with Crippen LogP contribution in [0.2, 0.25) is 0 Å². The maximum atomic E-state index is 15.3. The van der Waals surface area contributed by atoms with Gasteiger partial charge in [0.15, 0.2) is 17.4 Å². The lowest BCUT2D eigenvalue weighted by molar-refractivity contribution is 0.154. The molecule has 1 aliphatic rings. The Morgan fingerprint density at radius 1 is 1.26 bits per heavy atom. The average Bonchev–Trinajstić information content (AvgIpc) is 3.64. The smallest absolute Gasteiger partial charge is 0.407 e. The Morgan fingerprint density at radius 2 is 2.10 bits per heavy atom. The minimum Gasteiger partial charge on any atom is -0.465 e. The Hall–Kier alpha value is -4.59. The van der Waals surface area contributed by atoms with E-state index >= 15 is 4.39 Å². The van der Waals surface area contributed by atoms with Gasteiger partial charge in [-0.2, -0.15) is 5.10 Å². The van der Waals surface area contributed by atoms with Crippen LogP contribution >= 0.6 is 15.9 Å². The number of halogens is 2. The molecule has 1 saturated heterocycles. The summed E-state index contributed by atoms with van der Waals surface area (Å²) in [6, 6.07) is 6.14. The largest absolute Gasteiger partial charge is 0.465 e. The molecule has 1 aliphatic heterocycles. The molecule has 0 saturated carbocycles. The van der Waals surface area contributed by atoms with Crippen molar-refractivity contribution in [2.24, 2.45) is 0 Å². The van der Waals surface area contributed by atoms with E-state index in [4.69, 9.17) is 10.5 Å². The van der Waals surface area contributed by atoms with Crippen LogP contribution in [0.5, 0.6) is 11.8 Å². The third-order valence-electron chi connectivity index (χ3n) is 6.54. The molecular weight excluding hydrogens is 573 g/mol. The van der Waals surface area contributed by atoms with Crippen LogP contribution in [0, 0.1) is 12.7 Å². The highest BCUT2D eigenvalue weighted by Crippen LogP contribution is 2.41. The summed E-state index contributed by atoms with van der Waals surface area (Å²) in [7, 11) is 0. The van der Waals surface area contributed by atoms with Crippen molar-refractivity contribution in [3.63, 3.8) is 0 Å². The van der Waals surface area contributed by atoms with Gasteiger partial charge < -0.3 is 25.0 Å². The van der Waals surface area contributed by atoms with Gasteiger partial charge in [-0.15, -0.1) is 0 Å². The highest BCUT2D eigenvalue weighted by atomic mass is 79.9. The molecule has 0 radical (unpaired) electrons. The number of carboxylic acid groups (broad SMARTS) is 1. The van der Waals surface area contributed by atoms with E-state index in [2.05, 4.69) is 41.0 Å². The van der Waals surface area contributed by atoms with Gasteiger partial charge in [0.05, 0.1) is 22.4 Å². The normalized spacial score (nSPS) is 15.3. The Labute approximate surface area is 229 Å². The summed E-state index contributed by atoms with van der Waals surface area (Å²) in [6.45, 7) is 2.57. The number of amides is 1. The van der Waals surface area contributed by atoms with Crippen LogP contribution in [-0.4, -0.2) is 63.5 Å². The van der Waals surface area contributed by atoms with E-state index in [0.717, 1.165) is 0 Å². The Morgan fingerprint density at radius 3 is 2.85 bits per heavy atom. The topological polar surface area (TPSA) is 150 Å². The number of carbonyl (C=O) groups is 1. The zero-order chi connectivity index (χ0) is 27.3. The van der Waals surface area contributed by atoms with Crippen LogP contribution in [0.15, 0.2) is 53.7 Å². The molecular formula is C25H21BrFN9O3. The highest BCUT2D eigenvalue weighted by Gasteiger charge is 2.29. The number of ether oxygens (including phenoxy) is 1. The molecule has 12 nitrogen and oxygen atoms in total. The molecule has 198 valence electrons. The molecule has 14 heteroatoms. The summed E-state index contributed by atoms with van der Waals surface area (Å²) in [4.78, 5) is 29.5. The fraction of sp³-hybridized carbons (Fsp3) is 0.200. The molecule has 1 amide bonds. The standard InChI is InChI=1S/C25H21BrFN9O3/c1-13-4-6-29-24(33-13)39-18-3-2-15(8-17(18)27)36-21(19(26)20-22(36)23(28)31-12-30-20)14-9-32-35(10-14)16-5-7-34(11-16)25(37)38/h2-4,6,8-10,12,16H,5,7,11H2,1H3,(H,37,38)(H2,28,30,31). The SMILES string of the molecule is Cc1ccnc(Oc2ccc(-n3c(-c4cnn(C5CCN(C(=O)O)C5)c4)c(Br)c4ncnc(N)c43)cc2F)n1. The number of anilines is 1. The van der Waals surface area contributed by atoms with E-state index in [1.54, 1.807) is 34.5 Å². The molecule has 1 fully saturated rings. The van der Waals surface area contributed by atoms with Gasteiger partial charge in [0, 0.05) is 48.5 Å². The average molecular weight is 594 g/mol. The van der Waals surface area contributed by atoms with Crippen molar-refractivity contribution in [3.05, 3.63) is 65.2 Å². The molecule has 0 bridgehead atoms. The van der Waals surface area contributed by atoms with E-state index in [9.17, 15) is 9.90 Å². The van der Waals surface area contributed by atoms with E-state index < -0.39 is 11.9 Å². The molecule has 0 aliphatic carbocycles. The van der Waals surface area contributed by atoms with Crippen LogP contribution in [0.25, 0.3) is 28.0 Å². The van der Waals surface area contributed by atoms with Gasteiger partial charge in [0.2, 0.25) is 0 Å². The van der Waals surface area contributed by atoms with Gasteiger partial charge >= 0.3 is 12.1 Å². The van der Waals surface area contributed by atoms with Crippen molar-refractivity contribution in [3.8, 4) is 28.7 Å². The lowest BCUT2D eigenvalue weighted by Crippen LogP contribution is -2.27. The number of hydrogen-bond donors (Lipinski definition) is 2. The fourth-order valence-corrected chi connectivity index (χ4v) is 5.38. The van der Waals surface area contributed by atoms with Crippen LogP contribution in [0.4, 0.5) is 15.0 Å². The number of aryl methyl sites for hydroxylation is 1. The number of nitrogen functional groups attached to an aromatic ring is 1. The van der Waals surface area contributed by atoms with Crippen LogP contribution < -0.4 is 10.5 Å². The quantitative estimate of drug-likeness (QED) is 0.298. The first-order valence-corrected chi connectivity index (χ1v) is 12.7. The highest BCUT2D eigenvalue weighted by molar-refractivity contribution is 9.10. The Balaban J connectivity index is 1.44. The minimum atomic E-state index is -0.954. The van der Waals surface area contributed by atoms with Crippen molar-refractivity contribution in [1.82, 2.24) is 39.2 Å². The predicted molar refractivity (Wildman–Crippen MR) is 142 cm³/mol. The zero-order valence-electron chi connectivity index (χ0n) is 20.5. The molecule has 5 aromatic rings. The van der Waals surface area contributed by atoms with Crippen LogP contribution in [0.3, 0.4) is 0 Å². The number of hydrogen-bond acceptors (Lipinski definition) is 8. The van der Waals surface area contributed by atoms with Crippen molar-refractivity contribution in [2.45, 2.75) is 19.4 Å². The predicted octanol–water partition coefficient (Wildman–Crippen LogP) is 4.58. The van der Waals surface area contributed by atoms with E-state index in [1.165, 1.54) is 29.6 Å². The summed E-state index contributed by atoms with van der Waals surface area (Å²) in [5.74, 6) is -0.462. The van der Waals surface area contributed by atoms with Crippen molar-refractivity contribution >= 4 is 38.9 Å². The number of likely N-dealkylation sites (tertiary alicyclic amines) is 1. The lowest BCUT2D eigenvalue weighted by Gasteiger charge is -2.13. The number of benzene rings is 1. The Kier molecular flexibility index (Phi) is 6.10. The van der Waals surface area contributed by atoms with Gasteiger partial charge in [-0.3, -0.25) is 4.68 Å². The first-order chi connectivity index (χ1) is 18.8. The van der Waals surface area contributed by atoms with E-state index in [1.807, 2.05) is 6.20 Å². The second kappa shape index (κ2) is 9.62. The summed E-state index contributed by atoms with van der Waals surface area (Å²) >= 11 is 3.65. The van der Waals surface area contributed by atoms with Gasteiger partial charge in [-0.25, -0.2) is 29.1 Å². The number of fused-ring (bicyclic) bond motifs is 1. The second-order valence-electron chi connectivity index (χ2n) is 9.03. The van der Waals surface area contributed by atoms with E-state index in [0.29, 0.717) is 57.7 Å². The van der Waals surface area contributed by atoms with Crippen molar-refractivity contribution in [2.75, 3.05) is 18.8 Å². The molecule has 1 unspecified atom stereocenters. The lowest BCUT2D eigenvalue weighted by atomic mass is 10.2.